The summed E-state index contributed by atoms with van der Waals surface area (Å²) in [5, 5.41) is 8.63. The van der Waals surface area contributed by atoms with E-state index in [4.69, 9.17) is 14.6 Å². The molecule has 0 bridgehead atoms. The van der Waals surface area contributed by atoms with E-state index in [-0.39, 0.29) is 42.1 Å². The third kappa shape index (κ3) is 6.99. The normalized spacial score (nSPS) is 9.60. The van der Waals surface area contributed by atoms with Gasteiger partial charge in [0, 0.05) is 20.1 Å². The van der Waals surface area contributed by atoms with Crippen molar-refractivity contribution >= 4 is 29.6 Å². The van der Waals surface area contributed by atoms with E-state index < -0.39 is 0 Å². The predicted octanol–water partition coefficient (Wildman–Crippen LogP) is -0.761. The SMILES string of the molecule is COCC(CO)COC.[NaH]. The van der Waals surface area contributed by atoms with Crippen molar-refractivity contribution in [3.05, 3.63) is 0 Å². The summed E-state index contributed by atoms with van der Waals surface area (Å²) in [6.07, 6.45) is 0. The Labute approximate surface area is 84.0 Å². The Morgan fingerprint density at radius 2 is 1.60 bits per heavy atom. The van der Waals surface area contributed by atoms with Gasteiger partial charge in [0.2, 0.25) is 0 Å². The van der Waals surface area contributed by atoms with Crippen LogP contribution in [0.25, 0.3) is 0 Å². The van der Waals surface area contributed by atoms with Gasteiger partial charge in [-0.25, -0.2) is 0 Å². The molecule has 4 heteroatoms. The molecule has 0 aromatic heterocycles. The van der Waals surface area contributed by atoms with Crippen LogP contribution in [-0.2, 0) is 9.47 Å². The van der Waals surface area contributed by atoms with Crippen molar-refractivity contribution in [1.29, 1.82) is 0 Å². The zero-order valence-corrected chi connectivity index (χ0v) is 5.96. The summed E-state index contributed by atoms with van der Waals surface area (Å²) in [6, 6.07) is 0. The van der Waals surface area contributed by atoms with Gasteiger partial charge in [-0.3, -0.25) is 0 Å². The molecule has 3 nitrogen and oxygen atoms in total. The van der Waals surface area contributed by atoms with E-state index in [0.29, 0.717) is 13.2 Å². The van der Waals surface area contributed by atoms with Crippen LogP contribution in [0.1, 0.15) is 0 Å². The molecule has 0 unspecified atom stereocenters. The molecule has 0 fully saturated rings. The van der Waals surface area contributed by atoms with Gasteiger partial charge in [-0.15, -0.1) is 0 Å². The molecule has 0 rings (SSSR count). The number of methoxy groups -OCH3 is 2. The summed E-state index contributed by atoms with van der Waals surface area (Å²) < 4.78 is 9.61. The topological polar surface area (TPSA) is 38.7 Å². The fourth-order valence-electron chi connectivity index (χ4n) is 0.625. The third-order valence-electron chi connectivity index (χ3n) is 1.06. The molecule has 0 aromatic rings. The summed E-state index contributed by atoms with van der Waals surface area (Å²) in [6.45, 7) is 1.25. The van der Waals surface area contributed by atoms with Crippen LogP contribution in [0.4, 0.5) is 0 Å². The van der Waals surface area contributed by atoms with Gasteiger partial charge in [0.1, 0.15) is 0 Å². The summed E-state index contributed by atoms with van der Waals surface area (Å²) in [7, 11) is 3.22. The molecule has 1 N–H and O–H groups in total. The van der Waals surface area contributed by atoms with E-state index in [1.54, 1.807) is 14.2 Å². The Morgan fingerprint density at radius 3 is 1.80 bits per heavy atom. The second-order valence-corrected chi connectivity index (χ2v) is 1.96. The number of ether oxygens (including phenoxy) is 2. The van der Waals surface area contributed by atoms with Gasteiger partial charge in [-0.1, -0.05) is 0 Å². The van der Waals surface area contributed by atoms with Gasteiger partial charge in [0.15, 0.2) is 0 Å². The second-order valence-electron chi connectivity index (χ2n) is 1.96. The molecule has 0 spiro atoms. The maximum atomic E-state index is 8.63. The molecular formula is C6H15NaO3. The quantitative estimate of drug-likeness (QED) is 0.534. The molecule has 58 valence electrons. The van der Waals surface area contributed by atoms with Crippen LogP contribution < -0.4 is 0 Å². The molecule has 0 radical (unpaired) electrons. The van der Waals surface area contributed by atoms with E-state index in [1.807, 2.05) is 0 Å². The first-order valence-electron chi connectivity index (χ1n) is 2.93. The van der Waals surface area contributed by atoms with E-state index in [1.165, 1.54) is 0 Å². The van der Waals surface area contributed by atoms with Gasteiger partial charge in [-0.2, -0.15) is 0 Å². The molecule has 0 aliphatic carbocycles. The predicted molar refractivity (Wildman–Crippen MR) is 41.5 cm³/mol. The molecule has 0 saturated carbocycles. The van der Waals surface area contributed by atoms with E-state index in [2.05, 4.69) is 0 Å². The van der Waals surface area contributed by atoms with Gasteiger partial charge in [0.05, 0.1) is 19.8 Å². The zero-order chi connectivity index (χ0) is 7.11. The van der Waals surface area contributed by atoms with Crippen LogP contribution in [0.3, 0.4) is 0 Å². The molecule has 0 heterocycles. The Morgan fingerprint density at radius 1 is 1.20 bits per heavy atom. The first-order chi connectivity index (χ1) is 4.35. The van der Waals surface area contributed by atoms with Gasteiger partial charge in [0.25, 0.3) is 0 Å². The van der Waals surface area contributed by atoms with Crippen molar-refractivity contribution < 1.29 is 14.6 Å². The van der Waals surface area contributed by atoms with Crippen molar-refractivity contribution in [3.8, 4) is 0 Å². The van der Waals surface area contributed by atoms with Crippen LogP contribution in [0.2, 0.25) is 0 Å². The molecule has 10 heavy (non-hydrogen) atoms. The molecule has 0 amide bonds. The fourth-order valence-corrected chi connectivity index (χ4v) is 0.625. The number of rotatable bonds is 5. The number of aliphatic hydroxyl groups is 1. The van der Waals surface area contributed by atoms with E-state index >= 15 is 0 Å². The van der Waals surface area contributed by atoms with Crippen molar-refractivity contribution in [2.24, 2.45) is 5.92 Å². The number of hydrogen-bond donors (Lipinski definition) is 1. The summed E-state index contributed by atoms with van der Waals surface area (Å²) in [4.78, 5) is 0. The van der Waals surface area contributed by atoms with Crippen molar-refractivity contribution in [1.82, 2.24) is 0 Å². The average Bonchev–Trinajstić information content (AvgIpc) is 1.88. The minimum absolute atomic E-state index is 0. The van der Waals surface area contributed by atoms with Crippen molar-refractivity contribution in [2.45, 2.75) is 0 Å². The Hall–Kier alpha value is 0.880. The van der Waals surface area contributed by atoms with Crippen molar-refractivity contribution in [3.63, 3.8) is 0 Å². The van der Waals surface area contributed by atoms with Gasteiger partial charge >= 0.3 is 29.6 Å². The standard InChI is InChI=1S/C6H14O3.Na.H/c1-8-4-6(3-7)5-9-2;;/h6-7H,3-5H2,1-2H3;;. The summed E-state index contributed by atoms with van der Waals surface area (Å²) >= 11 is 0. The molecule has 0 aromatic carbocycles. The van der Waals surface area contributed by atoms with Crippen LogP contribution >= 0.6 is 0 Å². The summed E-state index contributed by atoms with van der Waals surface area (Å²) in [5.41, 5.74) is 0. The molecule has 0 atom stereocenters. The van der Waals surface area contributed by atoms with Gasteiger partial charge < -0.3 is 14.6 Å². The Bertz CT molecular complexity index is 55.0. The van der Waals surface area contributed by atoms with E-state index in [9.17, 15) is 0 Å². The molecule has 0 aliphatic heterocycles. The first kappa shape index (κ1) is 13.5. The van der Waals surface area contributed by atoms with Crippen LogP contribution in [0.15, 0.2) is 0 Å². The third-order valence-corrected chi connectivity index (χ3v) is 1.06. The van der Waals surface area contributed by atoms with Crippen molar-refractivity contribution in [2.75, 3.05) is 34.0 Å². The number of aliphatic hydroxyl groups excluding tert-OH is 1. The summed E-state index contributed by atoms with van der Waals surface area (Å²) in [5.74, 6) is 0.125. The molecule has 0 saturated heterocycles. The fraction of sp³-hybridized carbons (Fsp3) is 1.00. The molecule has 0 aliphatic rings. The number of hydrogen-bond acceptors (Lipinski definition) is 3. The second kappa shape index (κ2) is 9.88. The average molecular weight is 158 g/mol. The maximum absolute atomic E-state index is 8.63. The van der Waals surface area contributed by atoms with Gasteiger partial charge in [-0.05, 0) is 0 Å². The van der Waals surface area contributed by atoms with Crippen LogP contribution in [-0.4, -0.2) is 68.7 Å². The molecular weight excluding hydrogens is 143 g/mol. The first-order valence-corrected chi connectivity index (χ1v) is 2.93. The minimum atomic E-state index is 0. The van der Waals surface area contributed by atoms with E-state index in [0.717, 1.165) is 0 Å². The Kier molecular flexibility index (Phi) is 13.3. The van der Waals surface area contributed by atoms with Crippen LogP contribution in [0, 0.1) is 5.92 Å². The van der Waals surface area contributed by atoms with Crippen LogP contribution in [0.5, 0.6) is 0 Å². The monoisotopic (exact) mass is 158 g/mol. The Balaban J connectivity index is 0. The zero-order valence-electron chi connectivity index (χ0n) is 5.96.